The average molecular weight is 587 g/mol. The maximum atomic E-state index is 13.3. The molecule has 1 N–H and O–H groups in total. The van der Waals surface area contributed by atoms with Gasteiger partial charge in [0.15, 0.2) is 0 Å². The van der Waals surface area contributed by atoms with Crippen molar-refractivity contribution in [3.05, 3.63) is 82.8 Å². The molecule has 0 radical (unpaired) electrons. The van der Waals surface area contributed by atoms with Gasteiger partial charge in [0.1, 0.15) is 18.9 Å². The number of halogens is 2. The standard InChI is InChI=1S/C24H25Cl2N3O6S2/c1-28(2)36(31,32)23-10-8-21(9-11-23)35-13-12-27-24(30)17-29(20-15-18(25)14-19(26)16-20)37(33,34)22-6-4-3-5-7-22/h3-11,14-16H,12-13,17H2,1-2H3,(H,27,30). The van der Waals surface area contributed by atoms with Crippen LogP contribution in [0.5, 0.6) is 5.75 Å². The second kappa shape index (κ2) is 12.1. The molecule has 0 fully saturated rings. The van der Waals surface area contributed by atoms with Crippen molar-refractivity contribution in [2.45, 2.75) is 9.79 Å². The predicted molar refractivity (Wildman–Crippen MR) is 143 cm³/mol. The van der Waals surface area contributed by atoms with Crippen LogP contribution in [-0.2, 0) is 24.8 Å². The number of amides is 1. The molecular weight excluding hydrogens is 561 g/mol. The molecule has 0 aromatic heterocycles. The summed E-state index contributed by atoms with van der Waals surface area (Å²) in [5.74, 6) is -0.166. The van der Waals surface area contributed by atoms with Crippen molar-refractivity contribution in [1.82, 2.24) is 9.62 Å². The van der Waals surface area contributed by atoms with Gasteiger partial charge in [-0.1, -0.05) is 41.4 Å². The summed E-state index contributed by atoms with van der Waals surface area (Å²) in [6, 6.07) is 17.8. The Bertz CT molecular complexity index is 1430. The van der Waals surface area contributed by atoms with Gasteiger partial charge in [0, 0.05) is 24.1 Å². The van der Waals surface area contributed by atoms with Crippen molar-refractivity contribution >= 4 is 54.8 Å². The average Bonchev–Trinajstić information content (AvgIpc) is 2.85. The van der Waals surface area contributed by atoms with E-state index in [2.05, 4.69) is 5.32 Å². The zero-order chi connectivity index (χ0) is 27.2. The topological polar surface area (TPSA) is 113 Å². The van der Waals surface area contributed by atoms with Crippen LogP contribution in [0.1, 0.15) is 0 Å². The number of anilines is 1. The molecule has 0 aliphatic carbocycles. The maximum absolute atomic E-state index is 13.3. The highest BCUT2D eigenvalue weighted by molar-refractivity contribution is 7.92. The summed E-state index contributed by atoms with van der Waals surface area (Å²) in [4.78, 5) is 12.8. The lowest BCUT2D eigenvalue weighted by Crippen LogP contribution is -2.42. The molecule has 0 unspecified atom stereocenters. The molecule has 1 amide bonds. The number of sulfonamides is 2. The van der Waals surface area contributed by atoms with E-state index < -0.39 is 32.5 Å². The lowest BCUT2D eigenvalue weighted by atomic mass is 10.3. The quantitative estimate of drug-likeness (QED) is 0.344. The number of hydrogen-bond acceptors (Lipinski definition) is 6. The first kappa shape index (κ1) is 28.7. The molecule has 0 spiro atoms. The number of nitrogens with one attached hydrogen (secondary N) is 1. The smallest absolute Gasteiger partial charge is 0.264 e. The van der Waals surface area contributed by atoms with Crippen LogP contribution in [0.3, 0.4) is 0 Å². The van der Waals surface area contributed by atoms with Crippen molar-refractivity contribution in [1.29, 1.82) is 0 Å². The number of benzene rings is 3. The largest absolute Gasteiger partial charge is 0.492 e. The highest BCUT2D eigenvalue weighted by atomic mass is 35.5. The Hall–Kier alpha value is -2.83. The lowest BCUT2D eigenvalue weighted by Gasteiger charge is -2.24. The molecule has 0 saturated heterocycles. The number of hydrogen-bond donors (Lipinski definition) is 1. The van der Waals surface area contributed by atoms with E-state index in [4.69, 9.17) is 27.9 Å². The van der Waals surface area contributed by atoms with Gasteiger partial charge >= 0.3 is 0 Å². The van der Waals surface area contributed by atoms with Crippen molar-refractivity contribution in [2.24, 2.45) is 0 Å². The Morgan fingerprint density at radius 2 is 1.41 bits per heavy atom. The first-order valence-electron chi connectivity index (χ1n) is 10.9. The number of carbonyl (C=O) groups excluding carboxylic acids is 1. The van der Waals surface area contributed by atoms with Gasteiger partial charge in [-0.15, -0.1) is 0 Å². The molecule has 0 saturated carbocycles. The molecule has 3 aromatic rings. The molecular formula is C24H25Cl2N3O6S2. The molecule has 0 aliphatic rings. The lowest BCUT2D eigenvalue weighted by molar-refractivity contribution is -0.119. The Balaban J connectivity index is 1.66. The van der Waals surface area contributed by atoms with Gasteiger partial charge in [-0.05, 0) is 54.6 Å². The number of carbonyl (C=O) groups is 1. The van der Waals surface area contributed by atoms with E-state index in [0.717, 1.165) is 8.61 Å². The first-order valence-corrected chi connectivity index (χ1v) is 14.5. The van der Waals surface area contributed by atoms with E-state index in [1.165, 1.54) is 68.7 Å². The zero-order valence-electron chi connectivity index (χ0n) is 20.0. The molecule has 0 aliphatic heterocycles. The maximum Gasteiger partial charge on any atom is 0.264 e. The van der Waals surface area contributed by atoms with Crippen LogP contribution in [0.2, 0.25) is 10.0 Å². The van der Waals surface area contributed by atoms with E-state index in [1.54, 1.807) is 18.2 Å². The second-order valence-electron chi connectivity index (χ2n) is 7.91. The van der Waals surface area contributed by atoms with Crippen LogP contribution in [-0.4, -0.2) is 60.8 Å². The monoisotopic (exact) mass is 585 g/mol. The van der Waals surface area contributed by atoms with Crippen molar-refractivity contribution in [2.75, 3.05) is 38.1 Å². The zero-order valence-corrected chi connectivity index (χ0v) is 23.1. The summed E-state index contributed by atoms with van der Waals surface area (Å²) >= 11 is 12.2. The van der Waals surface area contributed by atoms with Crippen LogP contribution in [0.25, 0.3) is 0 Å². The molecule has 3 aromatic carbocycles. The van der Waals surface area contributed by atoms with Crippen LogP contribution in [0, 0.1) is 0 Å². The number of nitrogens with zero attached hydrogens (tertiary/aromatic N) is 2. The van der Waals surface area contributed by atoms with Crippen LogP contribution in [0.4, 0.5) is 5.69 Å². The Morgan fingerprint density at radius 3 is 1.97 bits per heavy atom. The number of ether oxygens (including phenoxy) is 1. The van der Waals surface area contributed by atoms with Crippen molar-refractivity contribution in [3.63, 3.8) is 0 Å². The third kappa shape index (κ3) is 7.36. The van der Waals surface area contributed by atoms with Gasteiger partial charge in [-0.25, -0.2) is 21.1 Å². The fraction of sp³-hybridized carbons (Fsp3) is 0.208. The summed E-state index contributed by atoms with van der Waals surface area (Å²) in [7, 11) is -4.78. The van der Waals surface area contributed by atoms with Crippen molar-refractivity contribution in [3.8, 4) is 5.75 Å². The van der Waals surface area contributed by atoms with E-state index in [1.807, 2.05) is 0 Å². The highest BCUT2D eigenvalue weighted by Gasteiger charge is 2.27. The van der Waals surface area contributed by atoms with Gasteiger partial charge < -0.3 is 10.1 Å². The Labute approximate surface area is 226 Å². The predicted octanol–water partition coefficient (Wildman–Crippen LogP) is 3.63. The summed E-state index contributed by atoms with van der Waals surface area (Å²) < 4.78 is 58.5. The van der Waals surface area contributed by atoms with Gasteiger partial charge in [-0.2, -0.15) is 0 Å². The first-order chi connectivity index (χ1) is 17.4. The van der Waals surface area contributed by atoms with Crippen LogP contribution in [0.15, 0.2) is 82.6 Å². The Morgan fingerprint density at radius 1 is 0.838 bits per heavy atom. The van der Waals surface area contributed by atoms with Gasteiger partial charge in [0.2, 0.25) is 15.9 Å². The minimum absolute atomic E-state index is 0.00181. The normalized spacial score (nSPS) is 11.8. The van der Waals surface area contributed by atoms with Crippen LogP contribution >= 0.6 is 23.2 Å². The third-order valence-corrected chi connectivity index (χ3v) is 9.10. The molecule has 13 heteroatoms. The molecule has 37 heavy (non-hydrogen) atoms. The number of rotatable bonds is 11. The summed E-state index contributed by atoms with van der Waals surface area (Å²) in [6.07, 6.45) is 0. The third-order valence-electron chi connectivity index (χ3n) is 5.05. The molecule has 198 valence electrons. The SMILES string of the molecule is CN(C)S(=O)(=O)c1ccc(OCCNC(=O)CN(c2cc(Cl)cc(Cl)c2)S(=O)(=O)c2ccccc2)cc1. The minimum atomic E-state index is -4.11. The van der Waals surface area contributed by atoms with E-state index >= 15 is 0 Å². The van der Waals surface area contributed by atoms with E-state index in [0.29, 0.717) is 5.75 Å². The van der Waals surface area contributed by atoms with Gasteiger partial charge in [-0.3, -0.25) is 9.10 Å². The fourth-order valence-corrected chi connectivity index (χ4v) is 6.02. The summed E-state index contributed by atoms with van der Waals surface area (Å²) in [5, 5.41) is 3.05. The molecule has 3 rings (SSSR count). The summed E-state index contributed by atoms with van der Waals surface area (Å²) in [6.45, 7) is -0.378. The molecule has 0 atom stereocenters. The molecule has 9 nitrogen and oxygen atoms in total. The van der Waals surface area contributed by atoms with Gasteiger partial charge in [0.25, 0.3) is 10.0 Å². The van der Waals surface area contributed by atoms with Crippen molar-refractivity contribution < 1.29 is 26.4 Å². The highest BCUT2D eigenvalue weighted by Crippen LogP contribution is 2.29. The Kier molecular flexibility index (Phi) is 9.43. The van der Waals surface area contributed by atoms with Gasteiger partial charge in [0.05, 0.1) is 22.0 Å². The van der Waals surface area contributed by atoms with Crippen LogP contribution < -0.4 is 14.4 Å². The second-order valence-corrected chi connectivity index (χ2v) is 12.8. The minimum Gasteiger partial charge on any atom is -0.492 e. The molecule has 0 bridgehead atoms. The fourth-order valence-electron chi connectivity index (χ4n) is 3.18. The summed E-state index contributed by atoms with van der Waals surface area (Å²) in [5.41, 5.74) is 0.139. The van der Waals surface area contributed by atoms with E-state index in [-0.39, 0.29) is 38.7 Å². The molecule has 0 heterocycles. The van der Waals surface area contributed by atoms with E-state index in [9.17, 15) is 21.6 Å².